The van der Waals surface area contributed by atoms with Gasteiger partial charge in [0.1, 0.15) is 12.2 Å². The summed E-state index contributed by atoms with van der Waals surface area (Å²) in [4.78, 5) is 21.8. The van der Waals surface area contributed by atoms with Crippen LogP contribution in [0.2, 0.25) is 0 Å². The lowest BCUT2D eigenvalue weighted by Gasteiger charge is -2.41. The van der Waals surface area contributed by atoms with Gasteiger partial charge in [0.05, 0.1) is 20.3 Å². The van der Waals surface area contributed by atoms with Crippen LogP contribution in [0.5, 0.6) is 0 Å². The maximum Gasteiger partial charge on any atom is 0.320 e. The second-order valence-electron chi connectivity index (χ2n) is 8.85. The Labute approximate surface area is 186 Å². The highest BCUT2D eigenvalue weighted by Gasteiger charge is 2.38. The molecule has 0 radical (unpaired) electrons. The fourth-order valence-corrected chi connectivity index (χ4v) is 6.52. The number of carbonyl (C=O) groups excluding carboxylic acids is 1. The van der Waals surface area contributed by atoms with Gasteiger partial charge in [0, 0.05) is 55.4 Å². The van der Waals surface area contributed by atoms with Gasteiger partial charge in [-0.05, 0) is 24.1 Å². The van der Waals surface area contributed by atoms with Crippen molar-refractivity contribution in [2.75, 3.05) is 32.4 Å². The van der Waals surface area contributed by atoms with Gasteiger partial charge in [-0.15, -0.1) is 0 Å². The molecule has 0 spiro atoms. The van der Waals surface area contributed by atoms with Crippen LogP contribution in [0.25, 0.3) is 11.1 Å². The summed E-state index contributed by atoms with van der Waals surface area (Å²) in [5.74, 6) is 1.36. The molecular formula is C23H24N6O2S. The van der Waals surface area contributed by atoms with Crippen molar-refractivity contribution in [2.45, 2.75) is 23.2 Å². The SMILES string of the molecule is C[S@@]1(=O)=Nc2cc(C3CN(C(=O)N4CC[C@H](c5ncn[nH]5)C4)C3)ccc2-c2ccccc21. The summed E-state index contributed by atoms with van der Waals surface area (Å²) in [5.41, 5.74) is 3.95. The van der Waals surface area contributed by atoms with Gasteiger partial charge >= 0.3 is 6.03 Å². The summed E-state index contributed by atoms with van der Waals surface area (Å²) in [5, 5.41) is 6.84. The Balaban J connectivity index is 1.16. The Hall–Kier alpha value is -3.20. The number of likely N-dealkylation sites (tertiary alicyclic amines) is 2. The Morgan fingerprint density at radius 2 is 1.88 bits per heavy atom. The number of hydrogen-bond acceptors (Lipinski definition) is 5. The molecule has 3 aliphatic rings. The molecule has 3 aromatic rings. The number of aromatic nitrogens is 3. The number of urea groups is 1. The van der Waals surface area contributed by atoms with Crippen LogP contribution in [0.3, 0.4) is 0 Å². The van der Waals surface area contributed by atoms with Gasteiger partial charge in [-0.3, -0.25) is 5.10 Å². The third-order valence-corrected chi connectivity index (χ3v) is 8.50. The number of hydrogen-bond donors (Lipinski definition) is 1. The molecule has 3 aliphatic heterocycles. The molecule has 2 aromatic carbocycles. The predicted molar refractivity (Wildman–Crippen MR) is 121 cm³/mol. The van der Waals surface area contributed by atoms with Gasteiger partial charge in [-0.1, -0.05) is 30.3 Å². The topological polar surface area (TPSA) is 94.6 Å². The van der Waals surface area contributed by atoms with E-state index in [2.05, 4.69) is 37.7 Å². The van der Waals surface area contributed by atoms with Crippen LogP contribution in [-0.4, -0.2) is 67.7 Å². The lowest BCUT2D eigenvalue weighted by Crippen LogP contribution is -2.53. The molecule has 1 N–H and O–H groups in total. The molecule has 6 rings (SSSR count). The molecule has 0 bridgehead atoms. The fraction of sp³-hybridized carbons (Fsp3) is 0.348. The molecule has 1 aromatic heterocycles. The molecule has 0 saturated carbocycles. The Morgan fingerprint density at radius 1 is 1.06 bits per heavy atom. The smallest absolute Gasteiger partial charge is 0.320 e. The first-order valence-electron chi connectivity index (χ1n) is 10.8. The van der Waals surface area contributed by atoms with Crippen molar-refractivity contribution in [3.63, 3.8) is 0 Å². The minimum Gasteiger partial charge on any atom is -0.324 e. The van der Waals surface area contributed by atoms with Gasteiger partial charge in [-0.25, -0.2) is 14.0 Å². The van der Waals surface area contributed by atoms with Crippen LogP contribution < -0.4 is 0 Å². The molecule has 4 heterocycles. The number of benzene rings is 2. The van der Waals surface area contributed by atoms with Gasteiger partial charge in [0.25, 0.3) is 0 Å². The molecule has 32 heavy (non-hydrogen) atoms. The van der Waals surface area contributed by atoms with Crippen LogP contribution in [0.15, 0.2) is 58.1 Å². The summed E-state index contributed by atoms with van der Waals surface area (Å²) in [6.45, 7) is 2.81. The quantitative estimate of drug-likeness (QED) is 0.648. The number of amides is 2. The first kappa shape index (κ1) is 19.5. The van der Waals surface area contributed by atoms with Gasteiger partial charge in [0.15, 0.2) is 0 Å². The Kier molecular flexibility index (Phi) is 4.36. The third kappa shape index (κ3) is 3.10. The van der Waals surface area contributed by atoms with Crippen molar-refractivity contribution in [3.8, 4) is 11.1 Å². The molecule has 2 saturated heterocycles. The van der Waals surface area contributed by atoms with E-state index in [9.17, 15) is 9.00 Å². The molecule has 0 unspecified atom stereocenters. The number of fused-ring (bicyclic) bond motifs is 3. The summed E-state index contributed by atoms with van der Waals surface area (Å²) in [6, 6.07) is 14.1. The van der Waals surface area contributed by atoms with Crippen molar-refractivity contribution >= 4 is 21.4 Å². The molecular weight excluding hydrogens is 424 g/mol. The monoisotopic (exact) mass is 448 g/mol. The first-order chi connectivity index (χ1) is 15.5. The van der Waals surface area contributed by atoms with E-state index in [1.54, 1.807) is 6.26 Å². The predicted octanol–water partition coefficient (Wildman–Crippen LogP) is 3.58. The van der Waals surface area contributed by atoms with Crippen LogP contribution in [0.4, 0.5) is 10.5 Å². The first-order valence-corrected chi connectivity index (χ1v) is 12.8. The normalized spacial score (nSPS) is 24.5. The van der Waals surface area contributed by atoms with Crippen molar-refractivity contribution < 1.29 is 9.00 Å². The van der Waals surface area contributed by atoms with E-state index in [0.717, 1.165) is 46.1 Å². The van der Waals surface area contributed by atoms with Gasteiger partial charge in [-0.2, -0.15) is 9.46 Å². The summed E-state index contributed by atoms with van der Waals surface area (Å²) < 4.78 is 17.7. The molecule has 2 atom stereocenters. The molecule has 164 valence electrons. The van der Waals surface area contributed by atoms with E-state index in [4.69, 9.17) is 0 Å². The van der Waals surface area contributed by atoms with Crippen LogP contribution in [0.1, 0.15) is 29.6 Å². The Morgan fingerprint density at radius 3 is 2.69 bits per heavy atom. The minimum absolute atomic E-state index is 0.0939. The van der Waals surface area contributed by atoms with Crippen molar-refractivity contribution in [3.05, 3.63) is 60.2 Å². The van der Waals surface area contributed by atoms with Gasteiger partial charge < -0.3 is 9.80 Å². The summed E-state index contributed by atoms with van der Waals surface area (Å²) in [7, 11) is -2.45. The van der Waals surface area contributed by atoms with Crippen molar-refractivity contribution in [1.29, 1.82) is 0 Å². The number of nitrogens with one attached hydrogen (secondary N) is 1. The van der Waals surface area contributed by atoms with Gasteiger partial charge in [0.2, 0.25) is 0 Å². The number of nitrogens with zero attached hydrogens (tertiary/aromatic N) is 5. The Bertz CT molecular complexity index is 1320. The summed E-state index contributed by atoms with van der Waals surface area (Å²) >= 11 is 0. The maximum atomic E-state index is 13.1. The van der Waals surface area contributed by atoms with E-state index in [0.29, 0.717) is 19.6 Å². The van der Waals surface area contributed by atoms with Crippen molar-refractivity contribution in [1.82, 2.24) is 25.0 Å². The third-order valence-electron chi connectivity index (χ3n) is 6.78. The average molecular weight is 449 g/mol. The van der Waals surface area contributed by atoms with Crippen LogP contribution in [-0.2, 0) is 9.73 Å². The highest BCUT2D eigenvalue weighted by atomic mass is 32.2. The number of H-pyrrole nitrogens is 1. The number of rotatable bonds is 2. The van der Waals surface area contributed by atoms with E-state index < -0.39 is 9.73 Å². The fourth-order valence-electron chi connectivity index (χ4n) is 4.98. The maximum absolute atomic E-state index is 13.1. The minimum atomic E-state index is -2.45. The summed E-state index contributed by atoms with van der Waals surface area (Å²) in [6.07, 6.45) is 4.12. The molecule has 9 heteroatoms. The van der Waals surface area contributed by atoms with Crippen LogP contribution >= 0.6 is 0 Å². The number of aromatic amines is 1. The zero-order valence-corrected chi connectivity index (χ0v) is 18.6. The highest BCUT2D eigenvalue weighted by Crippen LogP contribution is 2.43. The average Bonchev–Trinajstić information content (AvgIpc) is 3.44. The van der Waals surface area contributed by atoms with Crippen molar-refractivity contribution in [2.24, 2.45) is 4.36 Å². The molecule has 8 nitrogen and oxygen atoms in total. The van der Waals surface area contributed by atoms with E-state index in [1.165, 1.54) is 6.33 Å². The molecule has 0 aliphatic carbocycles. The molecule has 2 amide bonds. The zero-order valence-electron chi connectivity index (χ0n) is 17.8. The highest BCUT2D eigenvalue weighted by molar-refractivity contribution is 7.93. The van der Waals surface area contributed by atoms with E-state index in [-0.39, 0.29) is 17.9 Å². The van der Waals surface area contributed by atoms with Crippen LogP contribution in [0, 0.1) is 0 Å². The second kappa shape index (κ2) is 7.16. The lowest BCUT2D eigenvalue weighted by atomic mass is 9.89. The standard InChI is InChI=1S/C23H24N6O2S/c1-32(31)21-5-3-2-4-19(21)18-7-6-15(10-20(18)27-32)17-12-29(13-17)23(30)28-9-8-16(11-28)22-24-14-25-26-22/h2-7,10,14,16-17H,8-9,11-13H2,1H3,(H,24,25,26)/t16-,32-/m0/s1. The lowest BCUT2D eigenvalue weighted by molar-refractivity contribution is 0.121. The number of carbonyl (C=O) groups is 1. The van der Waals surface area contributed by atoms with E-state index in [1.807, 2.05) is 34.1 Å². The molecule has 2 fully saturated rings. The zero-order chi connectivity index (χ0) is 21.9. The largest absolute Gasteiger partial charge is 0.324 e. The second-order valence-corrected chi connectivity index (χ2v) is 11.1. The van der Waals surface area contributed by atoms with E-state index >= 15 is 0 Å².